The van der Waals surface area contributed by atoms with Gasteiger partial charge in [-0.25, -0.2) is 0 Å². The van der Waals surface area contributed by atoms with Crippen molar-refractivity contribution in [2.24, 2.45) is 0 Å². The summed E-state index contributed by atoms with van der Waals surface area (Å²) in [6.07, 6.45) is 1.56. The van der Waals surface area contributed by atoms with Gasteiger partial charge in [0.2, 0.25) is 0 Å². The molecule has 10 heteroatoms. The Morgan fingerprint density at radius 1 is 1.15 bits per heavy atom. The first-order valence-electron chi connectivity index (χ1n) is 10.5. The molecule has 2 aliphatic rings. The van der Waals surface area contributed by atoms with Crippen molar-refractivity contribution in [3.8, 4) is 5.75 Å². The van der Waals surface area contributed by atoms with Gasteiger partial charge in [-0.15, -0.1) is 0 Å². The van der Waals surface area contributed by atoms with Crippen LogP contribution in [0.2, 0.25) is 0 Å². The van der Waals surface area contributed by atoms with Gasteiger partial charge in [0.1, 0.15) is 12.4 Å². The molecule has 0 spiro atoms. The first-order chi connectivity index (χ1) is 15.9. The van der Waals surface area contributed by atoms with E-state index >= 15 is 0 Å². The third-order valence-electron chi connectivity index (χ3n) is 5.34. The van der Waals surface area contributed by atoms with Crippen molar-refractivity contribution in [1.82, 2.24) is 4.90 Å². The van der Waals surface area contributed by atoms with Crippen LogP contribution >= 0.6 is 11.8 Å². The summed E-state index contributed by atoms with van der Waals surface area (Å²) in [6, 6.07) is 12.0. The zero-order chi connectivity index (χ0) is 23.4. The van der Waals surface area contributed by atoms with E-state index in [1.807, 2.05) is 31.2 Å². The molecule has 0 aliphatic carbocycles. The zero-order valence-electron chi connectivity index (χ0n) is 18.1. The third kappa shape index (κ3) is 5.35. The number of carbonyl (C=O) groups is 2. The van der Waals surface area contributed by atoms with E-state index in [4.69, 9.17) is 9.47 Å². The van der Waals surface area contributed by atoms with E-state index in [-0.39, 0.29) is 23.7 Å². The molecule has 2 saturated heterocycles. The number of benzene rings is 2. The van der Waals surface area contributed by atoms with Crippen LogP contribution in [0.25, 0.3) is 6.08 Å². The standard InChI is InChI=1S/C23H23N3O6S/c1-16-2-5-19(6-3-16)32-13-10-25-22(27)21(33-23(25)28)15-17-14-18(26(29)30)4-7-20(17)24-8-11-31-12-9-24/h2-7,14-15H,8-13H2,1H3/b21-15-. The number of nitro benzene ring substituents is 1. The Morgan fingerprint density at radius 2 is 1.88 bits per heavy atom. The number of morpholine rings is 1. The van der Waals surface area contributed by atoms with Crippen LogP contribution in [-0.2, 0) is 9.53 Å². The monoisotopic (exact) mass is 469 g/mol. The number of hydrogen-bond donors (Lipinski definition) is 0. The van der Waals surface area contributed by atoms with E-state index in [2.05, 4.69) is 4.90 Å². The van der Waals surface area contributed by atoms with Gasteiger partial charge < -0.3 is 14.4 Å². The number of hydrogen-bond acceptors (Lipinski definition) is 8. The number of thioether (sulfide) groups is 1. The fraction of sp³-hybridized carbons (Fsp3) is 0.304. The van der Waals surface area contributed by atoms with Gasteiger partial charge in [-0.2, -0.15) is 0 Å². The highest BCUT2D eigenvalue weighted by Gasteiger charge is 2.35. The average Bonchev–Trinajstić information content (AvgIpc) is 3.08. The van der Waals surface area contributed by atoms with Gasteiger partial charge >= 0.3 is 0 Å². The van der Waals surface area contributed by atoms with Gasteiger partial charge in [-0.3, -0.25) is 24.6 Å². The van der Waals surface area contributed by atoms with Crippen LogP contribution in [-0.4, -0.2) is 60.4 Å². The summed E-state index contributed by atoms with van der Waals surface area (Å²) >= 11 is 0.824. The predicted octanol–water partition coefficient (Wildman–Crippen LogP) is 3.86. The van der Waals surface area contributed by atoms with Crippen molar-refractivity contribution in [3.63, 3.8) is 0 Å². The van der Waals surface area contributed by atoms with Crippen molar-refractivity contribution in [3.05, 3.63) is 68.6 Å². The fourth-order valence-corrected chi connectivity index (χ4v) is 4.44. The maximum Gasteiger partial charge on any atom is 0.293 e. The molecular weight excluding hydrogens is 446 g/mol. The number of ether oxygens (including phenoxy) is 2. The number of nitro groups is 1. The summed E-state index contributed by atoms with van der Waals surface area (Å²) in [5, 5.41) is 10.9. The van der Waals surface area contributed by atoms with E-state index in [9.17, 15) is 19.7 Å². The molecule has 0 N–H and O–H groups in total. The summed E-state index contributed by atoms with van der Waals surface area (Å²) < 4.78 is 11.0. The largest absolute Gasteiger partial charge is 0.492 e. The van der Waals surface area contributed by atoms with Gasteiger partial charge in [0.25, 0.3) is 16.8 Å². The Kier molecular flexibility index (Phi) is 6.95. The molecule has 172 valence electrons. The lowest BCUT2D eigenvalue weighted by Gasteiger charge is -2.30. The highest BCUT2D eigenvalue weighted by atomic mass is 32.2. The Hall–Kier alpha value is -3.37. The minimum Gasteiger partial charge on any atom is -0.492 e. The molecule has 4 rings (SSSR count). The quantitative estimate of drug-likeness (QED) is 0.342. The predicted molar refractivity (Wildman–Crippen MR) is 125 cm³/mol. The van der Waals surface area contributed by atoms with Crippen LogP contribution in [0.3, 0.4) is 0 Å². The molecule has 2 amide bonds. The van der Waals surface area contributed by atoms with Crippen molar-refractivity contribution in [2.45, 2.75) is 6.92 Å². The maximum atomic E-state index is 12.9. The molecule has 2 fully saturated rings. The van der Waals surface area contributed by atoms with Gasteiger partial charge in [0.05, 0.1) is 29.6 Å². The lowest BCUT2D eigenvalue weighted by Crippen LogP contribution is -2.36. The van der Waals surface area contributed by atoms with E-state index in [1.54, 1.807) is 12.1 Å². The van der Waals surface area contributed by atoms with Gasteiger partial charge in [0, 0.05) is 36.5 Å². The summed E-state index contributed by atoms with van der Waals surface area (Å²) in [5.74, 6) is 0.229. The van der Waals surface area contributed by atoms with Crippen molar-refractivity contribution in [2.75, 3.05) is 44.4 Å². The number of non-ortho nitro benzene ring substituents is 1. The molecule has 0 saturated carbocycles. The molecule has 0 bridgehead atoms. The van der Waals surface area contributed by atoms with Gasteiger partial charge in [0.15, 0.2) is 0 Å². The summed E-state index contributed by atoms with van der Waals surface area (Å²) in [4.78, 5) is 39.6. The average molecular weight is 470 g/mol. The molecule has 0 atom stereocenters. The molecule has 0 aromatic heterocycles. The minimum absolute atomic E-state index is 0.0796. The highest BCUT2D eigenvalue weighted by Crippen LogP contribution is 2.35. The SMILES string of the molecule is Cc1ccc(OCCN2C(=O)S/C(=C\c3cc([N+](=O)[O-])ccc3N3CCOCC3)C2=O)cc1. The molecule has 0 unspecified atom stereocenters. The molecule has 9 nitrogen and oxygen atoms in total. The molecule has 0 radical (unpaired) electrons. The number of anilines is 1. The molecule has 33 heavy (non-hydrogen) atoms. The van der Waals surface area contributed by atoms with Crippen LogP contribution in [0.4, 0.5) is 16.2 Å². The van der Waals surface area contributed by atoms with Crippen LogP contribution in [0.5, 0.6) is 5.75 Å². The third-order valence-corrected chi connectivity index (χ3v) is 6.25. The second kappa shape index (κ2) is 10.1. The van der Waals surface area contributed by atoms with Crippen molar-refractivity contribution < 1.29 is 24.0 Å². The zero-order valence-corrected chi connectivity index (χ0v) is 18.9. The second-order valence-electron chi connectivity index (χ2n) is 7.59. The topological polar surface area (TPSA) is 102 Å². The molecule has 2 heterocycles. The second-order valence-corrected chi connectivity index (χ2v) is 8.59. The van der Waals surface area contributed by atoms with Crippen LogP contribution in [0.15, 0.2) is 47.4 Å². The first-order valence-corrected chi connectivity index (χ1v) is 11.3. The molecular formula is C23H23N3O6S. The summed E-state index contributed by atoms with van der Waals surface area (Å²) in [6.45, 7) is 4.63. The molecule has 2 aromatic rings. The van der Waals surface area contributed by atoms with Crippen molar-refractivity contribution in [1.29, 1.82) is 0 Å². The number of imide groups is 1. The Labute approximate surface area is 195 Å². The molecule has 2 aliphatic heterocycles. The Bertz CT molecular complexity index is 1100. The van der Waals surface area contributed by atoms with E-state index < -0.39 is 16.1 Å². The Morgan fingerprint density at radius 3 is 2.58 bits per heavy atom. The van der Waals surface area contributed by atoms with E-state index in [0.717, 1.165) is 27.9 Å². The van der Waals surface area contributed by atoms with Crippen LogP contribution < -0.4 is 9.64 Å². The normalized spacial score (nSPS) is 17.7. The maximum absolute atomic E-state index is 12.9. The lowest BCUT2D eigenvalue weighted by atomic mass is 10.1. The first kappa shape index (κ1) is 22.8. The van der Waals surface area contributed by atoms with E-state index in [1.165, 1.54) is 12.1 Å². The number of carbonyl (C=O) groups excluding carboxylic acids is 2. The fourth-order valence-electron chi connectivity index (χ4n) is 3.59. The smallest absolute Gasteiger partial charge is 0.293 e. The van der Waals surface area contributed by atoms with Crippen LogP contribution in [0.1, 0.15) is 11.1 Å². The number of rotatable bonds is 7. The van der Waals surface area contributed by atoms with Crippen molar-refractivity contribution >= 4 is 40.4 Å². The number of aryl methyl sites for hydroxylation is 1. The highest BCUT2D eigenvalue weighted by molar-refractivity contribution is 8.18. The molecule has 2 aromatic carbocycles. The summed E-state index contributed by atoms with van der Waals surface area (Å²) in [5.41, 5.74) is 2.31. The number of amides is 2. The minimum atomic E-state index is -0.478. The number of nitrogens with zero attached hydrogens (tertiary/aromatic N) is 3. The lowest BCUT2D eigenvalue weighted by molar-refractivity contribution is -0.384. The van der Waals surface area contributed by atoms with Gasteiger partial charge in [-0.05, 0) is 43.0 Å². The van der Waals surface area contributed by atoms with E-state index in [0.29, 0.717) is 37.6 Å². The van der Waals surface area contributed by atoms with Gasteiger partial charge in [-0.1, -0.05) is 17.7 Å². The van der Waals surface area contributed by atoms with Crippen LogP contribution in [0, 0.1) is 17.0 Å². The Balaban J connectivity index is 1.51. The summed E-state index contributed by atoms with van der Waals surface area (Å²) in [7, 11) is 0.